The van der Waals surface area contributed by atoms with Crippen molar-refractivity contribution in [3.8, 4) is 11.4 Å². The van der Waals surface area contributed by atoms with Crippen molar-refractivity contribution in [1.29, 1.82) is 0 Å². The number of nitrogens with one attached hydrogen (secondary N) is 2. The van der Waals surface area contributed by atoms with Gasteiger partial charge in [0.15, 0.2) is 5.82 Å². The van der Waals surface area contributed by atoms with Gasteiger partial charge < -0.3 is 9.73 Å². The fourth-order valence-electron chi connectivity index (χ4n) is 2.12. The quantitative estimate of drug-likeness (QED) is 0.663. The number of amides is 1. The molecule has 0 fully saturated rings. The van der Waals surface area contributed by atoms with E-state index in [2.05, 4.69) is 34.3 Å². The lowest BCUT2D eigenvalue weighted by atomic mass is 10.0. The highest BCUT2D eigenvalue weighted by Gasteiger charge is 2.10. The van der Waals surface area contributed by atoms with E-state index in [0.717, 1.165) is 11.3 Å². The van der Waals surface area contributed by atoms with Gasteiger partial charge in [-0.05, 0) is 29.7 Å². The standard InChI is InChI=1S/C17H18N4O2S/c1-11(2)12-3-5-14(6-4-12)18-15(22)10-24-17-19-16(20-21-17)13-7-8-23-9-13/h3-9,11H,10H2,1-2H3,(H,18,22)(H,19,20,21). The summed E-state index contributed by atoms with van der Waals surface area (Å²) < 4.78 is 5.01. The number of hydrogen-bond donors (Lipinski definition) is 2. The van der Waals surface area contributed by atoms with E-state index < -0.39 is 0 Å². The van der Waals surface area contributed by atoms with Crippen molar-refractivity contribution < 1.29 is 9.21 Å². The third kappa shape index (κ3) is 4.05. The fraction of sp³-hybridized carbons (Fsp3) is 0.235. The number of hydrogen-bond acceptors (Lipinski definition) is 5. The van der Waals surface area contributed by atoms with Crippen LogP contribution < -0.4 is 5.32 Å². The van der Waals surface area contributed by atoms with Gasteiger partial charge in [0.05, 0.1) is 17.6 Å². The van der Waals surface area contributed by atoms with Crippen molar-refractivity contribution in [2.24, 2.45) is 0 Å². The molecular weight excluding hydrogens is 324 g/mol. The summed E-state index contributed by atoms with van der Waals surface area (Å²) in [4.78, 5) is 16.3. The number of aromatic nitrogens is 3. The average Bonchev–Trinajstić information content (AvgIpc) is 3.25. The zero-order valence-electron chi connectivity index (χ0n) is 13.4. The van der Waals surface area contributed by atoms with Crippen LogP contribution in [0.2, 0.25) is 0 Å². The summed E-state index contributed by atoms with van der Waals surface area (Å²) in [5, 5.41) is 10.3. The topological polar surface area (TPSA) is 83.8 Å². The fourth-order valence-corrected chi connectivity index (χ4v) is 2.72. The first kappa shape index (κ1) is 16.3. The minimum absolute atomic E-state index is 0.0908. The Morgan fingerprint density at radius 3 is 2.75 bits per heavy atom. The molecule has 0 saturated carbocycles. The molecule has 0 saturated heterocycles. The molecule has 3 aromatic rings. The highest BCUT2D eigenvalue weighted by Crippen LogP contribution is 2.20. The van der Waals surface area contributed by atoms with Crippen LogP contribution in [0.3, 0.4) is 0 Å². The smallest absolute Gasteiger partial charge is 0.234 e. The van der Waals surface area contributed by atoms with E-state index in [4.69, 9.17) is 4.42 Å². The molecule has 0 bridgehead atoms. The number of thioether (sulfide) groups is 1. The van der Waals surface area contributed by atoms with E-state index in [0.29, 0.717) is 16.9 Å². The Morgan fingerprint density at radius 2 is 2.08 bits per heavy atom. The number of aromatic amines is 1. The lowest BCUT2D eigenvalue weighted by Gasteiger charge is -2.08. The van der Waals surface area contributed by atoms with Crippen molar-refractivity contribution in [2.45, 2.75) is 24.9 Å². The maximum Gasteiger partial charge on any atom is 0.234 e. The predicted molar refractivity (Wildman–Crippen MR) is 94.0 cm³/mol. The molecule has 1 aromatic carbocycles. The van der Waals surface area contributed by atoms with Gasteiger partial charge in [0.2, 0.25) is 11.1 Å². The van der Waals surface area contributed by atoms with Crippen LogP contribution >= 0.6 is 11.8 Å². The van der Waals surface area contributed by atoms with Gasteiger partial charge in [-0.25, -0.2) is 4.98 Å². The Morgan fingerprint density at radius 1 is 1.29 bits per heavy atom. The Bertz CT molecular complexity index is 794. The molecule has 2 aromatic heterocycles. The summed E-state index contributed by atoms with van der Waals surface area (Å²) in [5.41, 5.74) is 2.86. The predicted octanol–water partition coefficient (Wildman–Crippen LogP) is 3.92. The van der Waals surface area contributed by atoms with Crippen molar-refractivity contribution >= 4 is 23.4 Å². The van der Waals surface area contributed by atoms with Gasteiger partial charge >= 0.3 is 0 Å². The Kier molecular flexibility index (Phi) is 5.00. The normalized spacial score (nSPS) is 11.0. The van der Waals surface area contributed by atoms with Crippen LogP contribution in [0.1, 0.15) is 25.3 Å². The van der Waals surface area contributed by atoms with Crippen molar-refractivity contribution in [1.82, 2.24) is 15.2 Å². The Labute approximate surface area is 144 Å². The number of benzene rings is 1. The maximum absolute atomic E-state index is 12.0. The Balaban J connectivity index is 1.52. The molecule has 0 aliphatic rings. The zero-order chi connectivity index (χ0) is 16.9. The maximum atomic E-state index is 12.0. The molecule has 0 atom stereocenters. The van der Waals surface area contributed by atoms with E-state index in [9.17, 15) is 4.79 Å². The molecule has 6 nitrogen and oxygen atoms in total. The number of rotatable bonds is 6. The molecule has 0 spiro atoms. The Hall–Kier alpha value is -2.54. The summed E-state index contributed by atoms with van der Waals surface area (Å²) in [7, 11) is 0. The first-order valence-electron chi connectivity index (χ1n) is 7.59. The minimum Gasteiger partial charge on any atom is -0.472 e. The van der Waals surface area contributed by atoms with E-state index in [1.807, 2.05) is 24.3 Å². The van der Waals surface area contributed by atoms with Crippen LogP contribution in [0.25, 0.3) is 11.4 Å². The highest BCUT2D eigenvalue weighted by atomic mass is 32.2. The number of carbonyl (C=O) groups excluding carboxylic acids is 1. The molecule has 0 aliphatic heterocycles. The summed E-state index contributed by atoms with van der Waals surface area (Å²) in [6, 6.07) is 9.69. The summed E-state index contributed by atoms with van der Waals surface area (Å²) in [6.07, 6.45) is 3.16. The number of nitrogens with zero attached hydrogens (tertiary/aromatic N) is 2. The van der Waals surface area contributed by atoms with E-state index in [1.165, 1.54) is 17.3 Å². The van der Waals surface area contributed by atoms with Crippen molar-refractivity contribution in [3.63, 3.8) is 0 Å². The van der Waals surface area contributed by atoms with E-state index in [1.54, 1.807) is 18.6 Å². The second-order valence-corrected chi connectivity index (χ2v) is 6.53. The van der Waals surface area contributed by atoms with Crippen molar-refractivity contribution in [3.05, 3.63) is 48.4 Å². The first-order chi connectivity index (χ1) is 11.6. The monoisotopic (exact) mass is 342 g/mol. The van der Waals surface area contributed by atoms with Crippen LogP contribution in [0.15, 0.2) is 52.4 Å². The number of H-pyrrole nitrogens is 1. The van der Waals surface area contributed by atoms with E-state index in [-0.39, 0.29) is 11.7 Å². The lowest BCUT2D eigenvalue weighted by molar-refractivity contribution is -0.113. The molecule has 1 amide bonds. The summed E-state index contributed by atoms with van der Waals surface area (Å²) >= 11 is 1.28. The van der Waals surface area contributed by atoms with Crippen LogP contribution in [0.5, 0.6) is 0 Å². The number of carbonyl (C=O) groups is 1. The summed E-state index contributed by atoms with van der Waals surface area (Å²) in [6.45, 7) is 4.28. The molecule has 7 heteroatoms. The molecule has 0 aliphatic carbocycles. The third-order valence-corrected chi connectivity index (χ3v) is 4.30. The first-order valence-corrected chi connectivity index (χ1v) is 8.58. The van der Waals surface area contributed by atoms with Gasteiger partial charge in [0.25, 0.3) is 0 Å². The van der Waals surface area contributed by atoms with Crippen LogP contribution in [-0.2, 0) is 4.79 Å². The van der Waals surface area contributed by atoms with Gasteiger partial charge in [-0.2, -0.15) is 0 Å². The van der Waals surface area contributed by atoms with Gasteiger partial charge in [0.1, 0.15) is 6.26 Å². The molecule has 3 rings (SSSR count). The van der Waals surface area contributed by atoms with Gasteiger partial charge in [-0.15, -0.1) is 5.10 Å². The zero-order valence-corrected chi connectivity index (χ0v) is 14.3. The van der Waals surface area contributed by atoms with Gasteiger partial charge in [-0.3, -0.25) is 9.89 Å². The lowest BCUT2D eigenvalue weighted by Crippen LogP contribution is -2.14. The van der Waals surface area contributed by atoms with E-state index >= 15 is 0 Å². The van der Waals surface area contributed by atoms with Crippen LogP contribution in [0, 0.1) is 0 Å². The number of anilines is 1. The van der Waals surface area contributed by atoms with Crippen molar-refractivity contribution in [2.75, 3.05) is 11.1 Å². The SMILES string of the molecule is CC(C)c1ccc(NC(=O)CSc2n[nH]c(-c3ccoc3)n2)cc1. The highest BCUT2D eigenvalue weighted by molar-refractivity contribution is 7.99. The average molecular weight is 342 g/mol. The molecule has 0 unspecified atom stereocenters. The second-order valence-electron chi connectivity index (χ2n) is 5.59. The van der Waals surface area contributed by atoms with Crippen LogP contribution in [0.4, 0.5) is 5.69 Å². The molecule has 24 heavy (non-hydrogen) atoms. The van der Waals surface area contributed by atoms with Gasteiger partial charge in [-0.1, -0.05) is 37.7 Å². The molecule has 2 N–H and O–H groups in total. The third-order valence-electron chi connectivity index (χ3n) is 3.45. The largest absolute Gasteiger partial charge is 0.472 e. The number of furan rings is 1. The molecule has 124 valence electrons. The molecule has 2 heterocycles. The summed E-state index contributed by atoms with van der Waals surface area (Å²) in [5.74, 6) is 1.25. The second kappa shape index (κ2) is 7.35. The van der Waals surface area contributed by atoms with Gasteiger partial charge in [0, 0.05) is 5.69 Å². The molecule has 0 radical (unpaired) electrons. The van der Waals surface area contributed by atoms with Crippen LogP contribution in [-0.4, -0.2) is 26.8 Å². The minimum atomic E-state index is -0.0908. The molecular formula is C17H18N4O2S.